The number of carbonyl (C=O) groups is 1. The number of likely N-dealkylation sites (tertiary alicyclic amines) is 1. The number of carbonyl (C=O) groups excluding carboxylic acids is 1. The van der Waals surface area contributed by atoms with E-state index in [0.29, 0.717) is 35.7 Å². The molecule has 2 heterocycles. The van der Waals surface area contributed by atoms with Gasteiger partial charge in [0.25, 0.3) is 5.91 Å². The van der Waals surface area contributed by atoms with E-state index in [1.54, 1.807) is 25.1 Å². The predicted molar refractivity (Wildman–Crippen MR) is 115 cm³/mol. The fraction of sp³-hybridized carbons (Fsp3) is 0.409. The standard InChI is InChI=1S/C22H26FN3O4S/c1-15-10-19-20(30-14-22(27)25-19)11-21(15)31(28,29)24-12-16-6-8-26(9-7-16)13-17-4-2-3-5-18(17)23/h2-5,10-11,16,24H,6-9,12-14H2,1H3,(H,25,27). The van der Waals surface area contributed by atoms with Crippen molar-refractivity contribution in [1.82, 2.24) is 9.62 Å². The van der Waals surface area contributed by atoms with Gasteiger partial charge in [-0.15, -0.1) is 0 Å². The summed E-state index contributed by atoms with van der Waals surface area (Å²) in [4.78, 5) is 13.8. The lowest BCUT2D eigenvalue weighted by Crippen LogP contribution is -2.38. The van der Waals surface area contributed by atoms with Crippen molar-refractivity contribution in [2.45, 2.75) is 31.2 Å². The van der Waals surface area contributed by atoms with Crippen molar-refractivity contribution in [3.63, 3.8) is 0 Å². The van der Waals surface area contributed by atoms with Gasteiger partial charge in [-0.05, 0) is 56.5 Å². The minimum Gasteiger partial charge on any atom is -0.482 e. The molecule has 0 aromatic heterocycles. The Labute approximate surface area is 181 Å². The van der Waals surface area contributed by atoms with Crippen LogP contribution in [0, 0.1) is 18.7 Å². The number of rotatable bonds is 6. The van der Waals surface area contributed by atoms with Crippen molar-refractivity contribution >= 4 is 21.6 Å². The van der Waals surface area contributed by atoms with Gasteiger partial charge in [-0.2, -0.15) is 0 Å². The number of amides is 1. The molecule has 2 aromatic carbocycles. The van der Waals surface area contributed by atoms with E-state index in [1.165, 1.54) is 12.1 Å². The third-order valence-electron chi connectivity index (χ3n) is 5.82. The number of piperidine rings is 1. The Morgan fingerprint density at radius 3 is 2.71 bits per heavy atom. The molecular formula is C22H26FN3O4S. The molecule has 0 unspecified atom stereocenters. The van der Waals surface area contributed by atoms with Crippen LogP contribution in [0.2, 0.25) is 0 Å². The second kappa shape index (κ2) is 8.94. The molecule has 4 rings (SSSR count). The lowest BCUT2D eigenvalue weighted by atomic mass is 9.97. The molecule has 1 fully saturated rings. The van der Waals surface area contributed by atoms with E-state index in [1.807, 2.05) is 6.07 Å². The van der Waals surface area contributed by atoms with E-state index in [-0.39, 0.29) is 29.1 Å². The zero-order chi connectivity index (χ0) is 22.0. The molecule has 0 atom stereocenters. The number of hydrogen-bond acceptors (Lipinski definition) is 5. The summed E-state index contributed by atoms with van der Waals surface area (Å²) in [6.45, 7) is 4.07. The molecule has 2 aliphatic heterocycles. The molecule has 1 amide bonds. The van der Waals surface area contributed by atoms with Gasteiger partial charge in [-0.3, -0.25) is 9.69 Å². The first kappa shape index (κ1) is 21.7. The van der Waals surface area contributed by atoms with Gasteiger partial charge in [0.05, 0.1) is 10.6 Å². The Morgan fingerprint density at radius 1 is 1.23 bits per heavy atom. The number of hydrogen-bond donors (Lipinski definition) is 2. The zero-order valence-corrected chi connectivity index (χ0v) is 18.2. The summed E-state index contributed by atoms with van der Waals surface area (Å²) in [5.74, 6) is 0.121. The van der Waals surface area contributed by atoms with Crippen molar-refractivity contribution in [1.29, 1.82) is 0 Å². The van der Waals surface area contributed by atoms with Crippen LogP contribution in [0.25, 0.3) is 0 Å². The summed E-state index contributed by atoms with van der Waals surface area (Å²) >= 11 is 0. The minimum absolute atomic E-state index is 0.131. The van der Waals surface area contributed by atoms with Crippen LogP contribution in [0.15, 0.2) is 41.3 Å². The largest absolute Gasteiger partial charge is 0.482 e. The van der Waals surface area contributed by atoms with E-state index in [0.717, 1.165) is 25.9 Å². The lowest BCUT2D eigenvalue weighted by molar-refractivity contribution is -0.118. The first-order valence-electron chi connectivity index (χ1n) is 10.3. The zero-order valence-electron chi connectivity index (χ0n) is 17.4. The van der Waals surface area contributed by atoms with Crippen LogP contribution in [-0.4, -0.2) is 45.5 Å². The molecule has 0 aliphatic carbocycles. The fourth-order valence-electron chi connectivity index (χ4n) is 4.03. The highest BCUT2D eigenvalue weighted by atomic mass is 32.2. The highest BCUT2D eigenvalue weighted by molar-refractivity contribution is 7.89. The number of halogens is 1. The minimum atomic E-state index is -3.71. The second-order valence-corrected chi connectivity index (χ2v) is 9.85. The quantitative estimate of drug-likeness (QED) is 0.711. The van der Waals surface area contributed by atoms with E-state index in [4.69, 9.17) is 4.74 Å². The molecule has 2 N–H and O–H groups in total. The van der Waals surface area contributed by atoms with Crippen molar-refractivity contribution in [2.75, 3.05) is 31.6 Å². The monoisotopic (exact) mass is 447 g/mol. The Hall–Kier alpha value is -2.49. The Balaban J connectivity index is 1.33. The number of anilines is 1. The molecule has 2 aliphatic rings. The molecule has 0 radical (unpaired) electrons. The molecule has 31 heavy (non-hydrogen) atoms. The fourth-order valence-corrected chi connectivity index (χ4v) is 5.38. The highest BCUT2D eigenvalue weighted by Gasteiger charge is 2.26. The number of nitrogens with one attached hydrogen (secondary N) is 2. The van der Waals surface area contributed by atoms with Crippen LogP contribution in [0.4, 0.5) is 10.1 Å². The van der Waals surface area contributed by atoms with Gasteiger partial charge in [0.15, 0.2) is 6.61 Å². The average Bonchev–Trinajstić information content (AvgIpc) is 2.74. The van der Waals surface area contributed by atoms with Crippen LogP contribution in [0.5, 0.6) is 5.75 Å². The number of benzene rings is 2. The molecule has 7 nitrogen and oxygen atoms in total. The van der Waals surface area contributed by atoms with Gasteiger partial charge in [0, 0.05) is 24.7 Å². The lowest BCUT2D eigenvalue weighted by Gasteiger charge is -2.32. The topological polar surface area (TPSA) is 87.7 Å². The Bertz CT molecular complexity index is 1080. The first-order valence-corrected chi connectivity index (χ1v) is 11.8. The molecule has 9 heteroatoms. The maximum Gasteiger partial charge on any atom is 0.262 e. The summed E-state index contributed by atoms with van der Waals surface area (Å²) in [7, 11) is -3.71. The van der Waals surface area contributed by atoms with E-state index in [2.05, 4.69) is 14.9 Å². The molecule has 0 spiro atoms. The third-order valence-corrected chi connectivity index (χ3v) is 7.39. The SMILES string of the molecule is Cc1cc2c(cc1S(=O)(=O)NCC1CCN(Cc3ccccc3F)CC1)OCC(=O)N2. The van der Waals surface area contributed by atoms with Gasteiger partial charge in [-0.1, -0.05) is 18.2 Å². The van der Waals surface area contributed by atoms with Crippen molar-refractivity contribution < 1.29 is 22.3 Å². The van der Waals surface area contributed by atoms with Gasteiger partial charge in [-0.25, -0.2) is 17.5 Å². The van der Waals surface area contributed by atoms with E-state index in [9.17, 15) is 17.6 Å². The molecule has 2 aromatic rings. The van der Waals surface area contributed by atoms with Crippen molar-refractivity contribution in [3.8, 4) is 5.75 Å². The molecule has 166 valence electrons. The number of sulfonamides is 1. The van der Waals surface area contributed by atoms with E-state index < -0.39 is 10.0 Å². The van der Waals surface area contributed by atoms with Crippen LogP contribution >= 0.6 is 0 Å². The maximum atomic E-state index is 13.9. The van der Waals surface area contributed by atoms with Gasteiger partial charge in [0.1, 0.15) is 11.6 Å². The second-order valence-electron chi connectivity index (χ2n) is 8.11. The summed E-state index contributed by atoms with van der Waals surface area (Å²) < 4.78 is 47.7. The van der Waals surface area contributed by atoms with Gasteiger partial charge in [0.2, 0.25) is 10.0 Å². The number of fused-ring (bicyclic) bond motifs is 1. The van der Waals surface area contributed by atoms with Crippen LogP contribution < -0.4 is 14.8 Å². The van der Waals surface area contributed by atoms with Gasteiger partial charge < -0.3 is 10.1 Å². The van der Waals surface area contributed by atoms with Crippen molar-refractivity contribution in [3.05, 3.63) is 53.3 Å². The van der Waals surface area contributed by atoms with Crippen LogP contribution in [0.1, 0.15) is 24.0 Å². The average molecular weight is 448 g/mol. The molecule has 1 saturated heterocycles. The summed E-state index contributed by atoms with van der Waals surface area (Å²) in [5.41, 5.74) is 1.70. The van der Waals surface area contributed by atoms with Gasteiger partial charge >= 0.3 is 0 Å². The maximum absolute atomic E-state index is 13.9. The van der Waals surface area contributed by atoms with Crippen LogP contribution in [0.3, 0.4) is 0 Å². The summed E-state index contributed by atoms with van der Waals surface area (Å²) in [6.07, 6.45) is 1.69. The molecular weight excluding hydrogens is 421 g/mol. The first-order chi connectivity index (χ1) is 14.8. The highest BCUT2D eigenvalue weighted by Crippen LogP contribution is 2.33. The molecule has 0 saturated carbocycles. The van der Waals surface area contributed by atoms with E-state index >= 15 is 0 Å². The smallest absolute Gasteiger partial charge is 0.262 e. The Morgan fingerprint density at radius 2 is 1.97 bits per heavy atom. The number of ether oxygens (including phenoxy) is 1. The normalized spacial score (nSPS) is 17.7. The Kier molecular flexibility index (Phi) is 6.27. The third kappa shape index (κ3) is 5.06. The van der Waals surface area contributed by atoms with Crippen molar-refractivity contribution in [2.24, 2.45) is 5.92 Å². The predicted octanol–water partition coefficient (Wildman–Crippen LogP) is 2.66. The summed E-state index contributed by atoms with van der Waals surface area (Å²) in [5, 5.41) is 2.68. The summed E-state index contributed by atoms with van der Waals surface area (Å²) in [6, 6.07) is 9.86. The molecule has 0 bridgehead atoms. The number of nitrogens with zero attached hydrogens (tertiary/aromatic N) is 1. The van der Waals surface area contributed by atoms with Crippen LogP contribution in [-0.2, 0) is 21.4 Å². The number of aryl methyl sites for hydroxylation is 1.